The average Bonchev–Trinajstić information content (AvgIpc) is 2.77. The number of likely N-dealkylation sites (tertiary alicyclic amines) is 1. The molecule has 4 nitrogen and oxygen atoms in total. The lowest BCUT2D eigenvalue weighted by atomic mass is 9.93. The van der Waals surface area contributed by atoms with Gasteiger partial charge in [-0.05, 0) is 31.7 Å². The van der Waals surface area contributed by atoms with E-state index in [9.17, 15) is 0 Å². The van der Waals surface area contributed by atoms with Crippen molar-refractivity contribution in [3.63, 3.8) is 0 Å². The van der Waals surface area contributed by atoms with Crippen LogP contribution in [0.25, 0.3) is 0 Å². The summed E-state index contributed by atoms with van der Waals surface area (Å²) in [5.41, 5.74) is 7.72. The lowest BCUT2D eigenvalue weighted by molar-refractivity contribution is 0.108. The Bertz CT molecular complexity index is 385. The van der Waals surface area contributed by atoms with Crippen LogP contribution < -0.4 is 5.73 Å². The molecule has 1 fully saturated rings. The predicted octanol–water partition coefficient (Wildman–Crippen LogP) is 2.41. The van der Waals surface area contributed by atoms with Crippen molar-refractivity contribution in [3.05, 3.63) is 18.2 Å². The second kappa shape index (κ2) is 6.53. The number of aryl methyl sites for hydroxylation is 1. The highest BCUT2D eigenvalue weighted by Crippen LogP contribution is 2.30. The minimum Gasteiger partial charge on any atom is -0.333 e. The minimum atomic E-state index is 0.236. The molecule has 0 aliphatic carbocycles. The number of rotatable bonds is 5. The Morgan fingerprint density at radius 2 is 2.26 bits per heavy atom. The fourth-order valence-corrected chi connectivity index (χ4v) is 3.18. The second-order valence-electron chi connectivity index (χ2n) is 6.15. The van der Waals surface area contributed by atoms with Gasteiger partial charge in [0.2, 0.25) is 0 Å². The Labute approximate surface area is 117 Å². The third kappa shape index (κ3) is 3.37. The summed E-state index contributed by atoms with van der Waals surface area (Å²) in [5.74, 6) is 0.676. The SMILES string of the molecule is CCCn1cncc1C1C(N)CCCN1CC(C)C. The van der Waals surface area contributed by atoms with Crippen LogP contribution in [0.1, 0.15) is 51.8 Å². The summed E-state index contributed by atoms with van der Waals surface area (Å²) in [4.78, 5) is 6.90. The molecule has 2 atom stereocenters. The van der Waals surface area contributed by atoms with Crippen LogP contribution in [0.5, 0.6) is 0 Å². The monoisotopic (exact) mass is 264 g/mol. The highest BCUT2D eigenvalue weighted by molar-refractivity contribution is 5.10. The van der Waals surface area contributed by atoms with E-state index in [0.717, 1.165) is 32.5 Å². The highest BCUT2D eigenvalue weighted by Gasteiger charge is 2.32. The molecule has 2 rings (SSSR count). The van der Waals surface area contributed by atoms with Crippen LogP contribution in [0.2, 0.25) is 0 Å². The molecule has 2 N–H and O–H groups in total. The smallest absolute Gasteiger partial charge is 0.0948 e. The van der Waals surface area contributed by atoms with E-state index in [1.54, 1.807) is 0 Å². The molecular formula is C15H28N4. The van der Waals surface area contributed by atoms with Gasteiger partial charge in [-0.1, -0.05) is 20.8 Å². The average molecular weight is 264 g/mol. The summed E-state index contributed by atoms with van der Waals surface area (Å²) in [7, 11) is 0. The van der Waals surface area contributed by atoms with Crippen LogP contribution in [0.3, 0.4) is 0 Å². The van der Waals surface area contributed by atoms with Gasteiger partial charge in [-0.2, -0.15) is 0 Å². The van der Waals surface area contributed by atoms with Crippen LogP contribution in [-0.2, 0) is 6.54 Å². The van der Waals surface area contributed by atoms with Gasteiger partial charge in [-0.3, -0.25) is 4.90 Å². The van der Waals surface area contributed by atoms with Crippen molar-refractivity contribution in [1.29, 1.82) is 0 Å². The Kier molecular flexibility index (Phi) is 4.99. The summed E-state index contributed by atoms with van der Waals surface area (Å²) in [6, 6.07) is 0.574. The highest BCUT2D eigenvalue weighted by atomic mass is 15.2. The molecule has 2 unspecified atom stereocenters. The molecule has 0 amide bonds. The van der Waals surface area contributed by atoms with Crippen molar-refractivity contribution < 1.29 is 0 Å². The summed E-state index contributed by atoms with van der Waals surface area (Å²) in [5, 5.41) is 0. The normalized spacial score (nSPS) is 25.1. The maximum atomic E-state index is 6.42. The zero-order valence-corrected chi connectivity index (χ0v) is 12.5. The van der Waals surface area contributed by atoms with E-state index in [-0.39, 0.29) is 6.04 Å². The lowest BCUT2D eigenvalue weighted by Crippen LogP contribution is -2.47. The van der Waals surface area contributed by atoms with Gasteiger partial charge in [0.25, 0.3) is 0 Å². The Morgan fingerprint density at radius 1 is 1.47 bits per heavy atom. The van der Waals surface area contributed by atoms with Gasteiger partial charge in [0.15, 0.2) is 0 Å². The van der Waals surface area contributed by atoms with Gasteiger partial charge < -0.3 is 10.3 Å². The number of nitrogens with zero attached hydrogens (tertiary/aromatic N) is 3. The minimum absolute atomic E-state index is 0.236. The molecule has 1 saturated heterocycles. The molecule has 1 aromatic rings. The standard InChI is InChI=1S/C15H28N4/c1-4-7-19-11-17-9-14(19)15-13(16)6-5-8-18(15)10-12(2)3/h9,11-13,15H,4-8,10,16H2,1-3H3. The lowest BCUT2D eigenvalue weighted by Gasteiger charge is -2.40. The largest absolute Gasteiger partial charge is 0.333 e. The van der Waals surface area contributed by atoms with Crippen LogP contribution in [0.15, 0.2) is 12.5 Å². The molecule has 0 radical (unpaired) electrons. The fourth-order valence-electron chi connectivity index (χ4n) is 3.18. The maximum absolute atomic E-state index is 6.42. The molecule has 0 aromatic carbocycles. The Hall–Kier alpha value is -0.870. The number of piperidine rings is 1. The maximum Gasteiger partial charge on any atom is 0.0948 e. The van der Waals surface area contributed by atoms with Crippen molar-refractivity contribution in [2.75, 3.05) is 13.1 Å². The van der Waals surface area contributed by atoms with Crippen molar-refractivity contribution in [2.24, 2.45) is 11.7 Å². The molecule has 0 saturated carbocycles. The Morgan fingerprint density at radius 3 is 2.95 bits per heavy atom. The van der Waals surface area contributed by atoms with Crippen molar-refractivity contribution >= 4 is 0 Å². The first-order valence-electron chi connectivity index (χ1n) is 7.63. The molecule has 4 heteroatoms. The quantitative estimate of drug-likeness (QED) is 0.888. The molecule has 108 valence electrons. The first-order valence-corrected chi connectivity index (χ1v) is 7.63. The summed E-state index contributed by atoms with van der Waals surface area (Å²) < 4.78 is 2.28. The first kappa shape index (κ1) is 14.5. The molecule has 1 aliphatic rings. The number of imidazole rings is 1. The van der Waals surface area contributed by atoms with Gasteiger partial charge in [0.05, 0.1) is 18.1 Å². The second-order valence-corrected chi connectivity index (χ2v) is 6.15. The Balaban J connectivity index is 2.22. The zero-order valence-electron chi connectivity index (χ0n) is 12.5. The van der Waals surface area contributed by atoms with E-state index in [1.807, 2.05) is 12.5 Å². The molecule has 0 spiro atoms. The van der Waals surface area contributed by atoms with E-state index in [2.05, 4.69) is 35.2 Å². The third-order valence-corrected chi connectivity index (χ3v) is 3.89. The zero-order chi connectivity index (χ0) is 13.8. The third-order valence-electron chi connectivity index (χ3n) is 3.89. The number of hydrogen-bond donors (Lipinski definition) is 1. The molecule has 1 aliphatic heterocycles. The number of aromatic nitrogens is 2. The summed E-state index contributed by atoms with van der Waals surface area (Å²) in [6.07, 6.45) is 7.44. The summed E-state index contributed by atoms with van der Waals surface area (Å²) >= 11 is 0. The predicted molar refractivity (Wildman–Crippen MR) is 78.9 cm³/mol. The van der Waals surface area contributed by atoms with Gasteiger partial charge in [0.1, 0.15) is 0 Å². The van der Waals surface area contributed by atoms with Gasteiger partial charge in [0, 0.05) is 25.3 Å². The fraction of sp³-hybridized carbons (Fsp3) is 0.800. The van der Waals surface area contributed by atoms with Crippen LogP contribution >= 0.6 is 0 Å². The number of hydrogen-bond acceptors (Lipinski definition) is 3. The van der Waals surface area contributed by atoms with Crippen molar-refractivity contribution in [3.8, 4) is 0 Å². The van der Waals surface area contributed by atoms with Crippen LogP contribution in [0, 0.1) is 5.92 Å². The van der Waals surface area contributed by atoms with Crippen molar-refractivity contribution in [1.82, 2.24) is 14.5 Å². The molecule has 1 aromatic heterocycles. The first-order chi connectivity index (χ1) is 9.13. The molecule has 2 heterocycles. The van der Waals surface area contributed by atoms with Gasteiger partial charge in [-0.25, -0.2) is 4.98 Å². The number of nitrogens with two attached hydrogens (primary N) is 1. The summed E-state index contributed by atoms with van der Waals surface area (Å²) in [6.45, 7) is 10.1. The van der Waals surface area contributed by atoms with Crippen molar-refractivity contribution in [2.45, 2.75) is 58.7 Å². The van der Waals surface area contributed by atoms with Gasteiger partial charge >= 0.3 is 0 Å². The molecular weight excluding hydrogens is 236 g/mol. The molecule has 19 heavy (non-hydrogen) atoms. The topological polar surface area (TPSA) is 47.1 Å². The van der Waals surface area contributed by atoms with E-state index in [0.29, 0.717) is 12.0 Å². The van der Waals surface area contributed by atoms with E-state index >= 15 is 0 Å². The van der Waals surface area contributed by atoms with Crippen LogP contribution in [-0.4, -0.2) is 33.6 Å². The van der Waals surface area contributed by atoms with E-state index in [4.69, 9.17) is 5.73 Å². The van der Waals surface area contributed by atoms with Crippen LogP contribution in [0.4, 0.5) is 0 Å². The van der Waals surface area contributed by atoms with E-state index < -0.39 is 0 Å². The molecule has 0 bridgehead atoms. The van der Waals surface area contributed by atoms with E-state index in [1.165, 1.54) is 12.1 Å². The van der Waals surface area contributed by atoms with Gasteiger partial charge in [-0.15, -0.1) is 0 Å².